The average Bonchev–Trinajstić information content (AvgIpc) is 2.61. The molecule has 26 heavy (non-hydrogen) atoms. The summed E-state index contributed by atoms with van der Waals surface area (Å²) in [6.45, 7) is 3.73. The molecule has 0 bridgehead atoms. The highest BCUT2D eigenvalue weighted by Crippen LogP contribution is 2.20. The van der Waals surface area contributed by atoms with Gasteiger partial charge >= 0.3 is 5.97 Å². The first-order valence-electron chi connectivity index (χ1n) is 7.98. The highest BCUT2D eigenvalue weighted by atomic mass is 32.2. The predicted octanol–water partition coefficient (Wildman–Crippen LogP) is 2.89. The van der Waals surface area contributed by atoms with E-state index in [1.165, 1.54) is 19.2 Å². The Morgan fingerprint density at radius 1 is 1.08 bits per heavy atom. The average molecular weight is 375 g/mol. The molecule has 0 spiro atoms. The molecular weight excluding hydrogens is 354 g/mol. The molecule has 0 saturated heterocycles. The summed E-state index contributed by atoms with van der Waals surface area (Å²) in [4.78, 5) is 12.0. The molecule has 7 heteroatoms. The molecule has 2 aromatic carbocycles. The zero-order valence-corrected chi connectivity index (χ0v) is 15.7. The summed E-state index contributed by atoms with van der Waals surface area (Å²) < 4.78 is 37.8. The maximum Gasteiger partial charge on any atom is 0.332 e. The van der Waals surface area contributed by atoms with Gasteiger partial charge in [0.15, 0.2) is 0 Å². The number of aryl methyl sites for hydroxylation is 1. The van der Waals surface area contributed by atoms with Crippen LogP contribution in [0.25, 0.3) is 5.70 Å². The van der Waals surface area contributed by atoms with Gasteiger partial charge in [0.05, 0.1) is 24.3 Å². The van der Waals surface area contributed by atoms with E-state index in [0.29, 0.717) is 11.3 Å². The van der Waals surface area contributed by atoms with Crippen LogP contribution in [0.1, 0.15) is 18.1 Å². The lowest BCUT2D eigenvalue weighted by atomic mass is 10.1. The molecule has 0 aliphatic carbocycles. The Bertz CT molecular complexity index is 885. The number of rotatable bonds is 7. The zero-order chi connectivity index (χ0) is 19.2. The number of carbonyl (C=O) groups is 1. The first-order valence-corrected chi connectivity index (χ1v) is 9.46. The van der Waals surface area contributed by atoms with Crippen molar-refractivity contribution in [2.45, 2.75) is 18.7 Å². The maximum atomic E-state index is 12.7. The minimum Gasteiger partial charge on any atom is -0.497 e. The van der Waals surface area contributed by atoms with Crippen LogP contribution < -0.4 is 9.46 Å². The van der Waals surface area contributed by atoms with E-state index in [0.717, 1.165) is 11.6 Å². The highest BCUT2D eigenvalue weighted by molar-refractivity contribution is 7.89. The van der Waals surface area contributed by atoms with Crippen molar-refractivity contribution in [3.05, 3.63) is 65.7 Å². The quantitative estimate of drug-likeness (QED) is 0.594. The van der Waals surface area contributed by atoms with Crippen LogP contribution in [0.3, 0.4) is 0 Å². The number of methoxy groups -OCH3 is 1. The van der Waals surface area contributed by atoms with Gasteiger partial charge in [-0.25, -0.2) is 13.2 Å². The van der Waals surface area contributed by atoms with Gasteiger partial charge in [-0.2, -0.15) is 0 Å². The van der Waals surface area contributed by atoms with E-state index in [-0.39, 0.29) is 17.2 Å². The molecular formula is C19H21NO5S. The largest absolute Gasteiger partial charge is 0.497 e. The van der Waals surface area contributed by atoms with Crippen LogP contribution in [0.15, 0.2) is 59.5 Å². The summed E-state index contributed by atoms with van der Waals surface area (Å²) in [5, 5.41) is 0. The summed E-state index contributed by atoms with van der Waals surface area (Å²) in [5.74, 6) is -0.0180. The van der Waals surface area contributed by atoms with Crippen LogP contribution in [-0.4, -0.2) is 28.1 Å². The molecule has 0 unspecified atom stereocenters. The van der Waals surface area contributed by atoms with Gasteiger partial charge < -0.3 is 9.47 Å². The van der Waals surface area contributed by atoms with Crippen LogP contribution in [0.4, 0.5) is 0 Å². The minimum absolute atomic E-state index is 0.103. The van der Waals surface area contributed by atoms with Crippen LogP contribution in [0, 0.1) is 6.92 Å². The number of esters is 1. The van der Waals surface area contributed by atoms with Crippen LogP contribution in [0.2, 0.25) is 0 Å². The fourth-order valence-electron chi connectivity index (χ4n) is 2.17. The van der Waals surface area contributed by atoms with Gasteiger partial charge in [0, 0.05) is 6.08 Å². The molecule has 2 rings (SSSR count). The van der Waals surface area contributed by atoms with Crippen molar-refractivity contribution in [1.29, 1.82) is 0 Å². The van der Waals surface area contributed by atoms with Crippen molar-refractivity contribution in [3.8, 4) is 5.75 Å². The third-order valence-electron chi connectivity index (χ3n) is 3.53. The van der Waals surface area contributed by atoms with E-state index in [1.807, 2.05) is 6.92 Å². The Morgan fingerprint density at radius 3 is 2.23 bits per heavy atom. The molecule has 6 nitrogen and oxygen atoms in total. The third kappa shape index (κ3) is 5.10. The molecule has 0 heterocycles. The van der Waals surface area contributed by atoms with Crippen molar-refractivity contribution in [2.24, 2.45) is 0 Å². The number of nitrogens with one attached hydrogen (secondary N) is 1. The van der Waals surface area contributed by atoms with E-state index in [1.54, 1.807) is 43.3 Å². The van der Waals surface area contributed by atoms with Crippen molar-refractivity contribution >= 4 is 21.7 Å². The molecule has 2 aromatic rings. The van der Waals surface area contributed by atoms with Crippen molar-refractivity contribution in [3.63, 3.8) is 0 Å². The SMILES string of the molecule is CCOC(=O)/C=C(\NS(=O)(=O)c1ccc(C)cc1)c1ccc(OC)cc1. The molecule has 138 valence electrons. The van der Waals surface area contributed by atoms with Crippen molar-refractivity contribution in [1.82, 2.24) is 4.72 Å². The van der Waals surface area contributed by atoms with Crippen LogP contribution in [0.5, 0.6) is 5.75 Å². The Hall–Kier alpha value is -2.80. The summed E-state index contributed by atoms with van der Waals surface area (Å²) in [6, 6.07) is 13.1. The smallest absolute Gasteiger partial charge is 0.332 e. The lowest BCUT2D eigenvalue weighted by molar-refractivity contribution is -0.137. The number of ether oxygens (including phenoxy) is 2. The van der Waals surface area contributed by atoms with Gasteiger partial charge in [-0.1, -0.05) is 17.7 Å². The number of hydrogen-bond donors (Lipinski definition) is 1. The van der Waals surface area contributed by atoms with Gasteiger partial charge in [-0.05, 0) is 55.8 Å². The minimum atomic E-state index is -3.86. The Labute approximate surface area is 153 Å². The summed E-state index contributed by atoms with van der Waals surface area (Å²) in [6.07, 6.45) is 1.12. The standard InChI is InChI=1S/C19H21NO5S/c1-4-25-19(21)13-18(15-7-9-16(24-3)10-8-15)20-26(22,23)17-11-5-14(2)6-12-17/h5-13,20H,4H2,1-3H3/b18-13-. The number of benzene rings is 2. The summed E-state index contributed by atoms with van der Waals surface area (Å²) in [7, 11) is -2.33. The normalized spacial score (nSPS) is 11.7. The fourth-order valence-corrected chi connectivity index (χ4v) is 3.24. The predicted molar refractivity (Wildman–Crippen MR) is 99.1 cm³/mol. The monoisotopic (exact) mass is 375 g/mol. The lowest BCUT2D eigenvalue weighted by Gasteiger charge is -2.13. The first-order chi connectivity index (χ1) is 12.4. The summed E-state index contributed by atoms with van der Waals surface area (Å²) in [5.41, 5.74) is 1.57. The second-order valence-corrected chi connectivity index (χ2v) is 7.14. The number of hydrogen-bond acceptors (Lipinski definition) is 5. The van der Waals surface area contributed by atoms with Crippen LogP contribution >= 0.6 is 0 Å². The first kappa shape index (κ1) is 19.5. The van der Waals surface area contributed by atoms with Gasteiger partial charge in [0.2, 0.25) is 0 Å². The highest BCUT2D eigenvalue weighted by Gasteiger charge is 2.17. The second kappa shape index (κ2) is 8.53. The van der Waals surface area contributed by atoms with E-state index >= 15 is 0 Å². The molecule has 0 aliphatic heterocycles. The molecule has 0 aliphatic rings. The van der Waals surface area contributed by atoms with Crippen molar-refractivity contribution < 1.29 is 22.7 Å². The number of sulfonamides is 1. The second-order valence-electron chi connectivity index (χ2n) is 5.46. The molecule has 0 aromatic heterocycles. The molecule has 0 amide bonds. The maximum absolute atomic E-state index is 12.7. The molecule has 0 saturated carbocycles. The molecule has 1 N–H and O–H groups in total. The van der Waals surface area contributed by atoms with Gasteiger partial charge in [-0.3, -0.25) is 4.72 Å². The summed E-state index contributed by atoms with van der Waals surface area (Å²) >= 11 is 0. The zero-order valence-electron chi connectivity index (χ0n) is 14.9. The van der Waals surface area contributed by atoms with E-state index in [4.69, 9.17) is 9.47 Å². The Balaban J connectivity index is 2.39. The third-order valence-corrected chi connectivity index (χ3v) is 4.91. The Morgan fingerprint density at radius 2 is 1.69 bits per heavy atom. The van der Waals surface area contributed by atoms with Gasteiger partial charge in [-0.15, -0.1) is 0 Å². The molecule has 0 radical (unpaired) electrons. The van der Waals surface area contributed by atoms with Gasteiger partial charge in [0.1, 0.15) is 5.75 Å². The molecule has 0 fully saturated rings. The van der Waals surface area contributed by atoms with E-state index < -0.39 is 16.0 Å². The van der Waals surface area contributed by atoms with Gasteiger partial charge in [0.25, 0.3) is 10.0 Å². The Kier molecular flexibility index (Phi) is 6.41. The van der Waals surface area contributed by atoms with E-state index in [2.05, 4.69) is 4.72 Å². The lowest BCUT2D eigenvalue weighted by Crippen LogP contribution is -2.23. The van der Waals surface area contributed by atoms with Crippen LogP contribution in [-0.2, 0) is 19.6 Å². The van der Waals surface area contributed by atoms with E-state index in [9.17, 15) is 13.2 Å². The topological polar surface area (TPSA) is 81.7 Å². The van der Waals surface area contributed by atoms with Crippen molar-refractivity contribution in [2.75, 3.05) is 13.7 Å². The number of carbonyl (C=O) groups excluding carboxylic acids is 1. The fraction of sp³-hybridized carbons (Fsp3) is 0.211. The molecule has 0 atom stereocenters.